The summed E-state index contributed by atoms with van der Waals surface area (Å²) < 4.78 is 23.3. The molecule has 5 N–H and O–H groups in total. The number of fused-ring (bicyclic) bond motifs is 1. The SMILES string of the molecule is NS(=O)(=O)c1cc2[nH]c(C3C4CC5CC(C4)CC3C5)nc2cc1Cl.O. The van der Waals surface area contributed by atoms with Crippen LogP contribution < -0.4 is 5.14 Å². The molecule has 8 heteroatoms. The van der Waals surface area contributed by atoms with Crippen molar-refractivity contribution in [3.63, 3.8) is 0 Å². The fourth-order valence-corrected chi connectivity index (χ4v) is 6.87. The van der Waals surface area contributed by atoms with E-state index in [9.17, 15) is 8.42 Å². The van der Waals surface area contributed by atoms with Gasteiger partial charge in [-0.1, -0.05) is 11.6 Å². The topological polar surface area (TPSA) is 120 Å². The van der Waals surface area contributed by atoms with Crippen LogP contribution in [0.15, 0.2) is 17.0 Å². The van der Waals surface area contributed by atoms with E-state index in [1.54, 1.807) is 6.07 Å². The van der Waals surface area contributed by atoms with Gasteiger partial charge in [0.1, 0.15) is 10.7 Å². The smallest absolute Gasteiger partial charge is 0.239 e. The molecule has 25 heavy (non-hydrogen) atoms. The Morgan fingerprint density at radius 2 is 1.68 bits per heavy atom. The van der Waals surface area contributed by atoms with E-state index < -0.39 is 10.0 Å². The van der Waals surface area contributed by atoms with Crippen molar-refractivity contribution < 1.29 is 13.9 Å². The standard InChI is InChI=1S/C17H20ClN3O2S.H2O/c18-12-6-13-14(7-15(12)24(19,22)23)21-17(20-13)16-10-2-8-1-9(4-10)5-11(16)3-8;/h6-11,16H,1-5H2,(H,20,21)(H2,19,22,23);1H2. The molecule has 0 atom stereocenters. The van der Waals surface area contributed by atoms with E-state index in [4.69, 9.17) is 21.7 Å². The zero-order valence-electron chi connectivity index (χ0n) is 13.7. The predicted octanol–water partition coefficient (Wildman–Crippen LogP) is 2.58. The van der Waals surface area contributed by atoms with Crippen LogP contribution in [0.3, 0.4) is 0 Å². The number of hydrogen-bond acceptors (Lipinski definition) is 3. The van der Waals surface area contributed by atoms with E-state index in [1.807, 2.05) is 0 Å². The fraction of sp³-hybridized carbons (Fsp3) is 0.588. The Bertz CT molecular complexity index is 912. The van der Waals surface area contributed by atoms with Gasteiger partial charge < -0.3 is 10.5 Å². The lowest BCUT2D eigenvalue weighted by Crippen LogP contribution is -2.44. The zero-order valence-corrected chi connectivity index (χ0v) is 15.3. The highest BCUT2D eigenvalue weighted by molar-refractivity contribution is 7.89. The molecule has 0 radical (unpaired) electrons. The monoisotopic (exact) mass is 383 g/mol. The molecule has 4 aliphatic carbocycles. The first-order chi connectivity index (χ1) is 11.4. The van der Waals surface area contributed by atoms with Crippen molar-refractivity contribution in [2.75, 3.05) is 0 Å². The van der Waals surface area contributed by atoms with Crippen LogP contribution in [0.1, 0.15) is 43.8 Å². The van der Waals surface area contributed by atoms with E-state index in [1.165, 1.54) is 38.2 Å². The summed E-state index contributed by atoms with van der Waals surface area (Å²) in [7, 11) is -3.84. The van der Waals surface area contributed by atoms with E-state index in [-0.39, 0.29) is 15.4 Å². The molecule has 0 aliphatic heterocycles. The number of rotatable bonds is 2. The molecule has 4 fully saturated rings. The van der Waals surface area contributed by atoms with Gasteiger partial charge >= 0.3 is 0 Å². The van der Waals surface area contributed by atoms with Gasteiger partial charge in [0.15, 0.2) is 0 Å². The van der Waals surface area contributed by atoms with Crippen LogP contribution in [0.5, 0.6) is 0 Å². The van der Waals surface area contributed by atoms with E-state index >= 15 is 0 Å². The van der Waals surface area contributed by atoms with Gasteiger partial charge in [-0.25, -0.2) is 18.5 Å². The number of sulfonamides is 1. The second-order valence-electron chi connectivity index (χ2n) is 7.92. The van der Waals surface area contributed by atoms with E-state index in [2.05, 4.69) is 4.98 Å². The minimum atomic E-state index is -3.84. The molecule has 136 valence electrons. The first-order valence-corrected chi connectivity index (χ1v) is 10.5. The van der Waals surface area contributed by atoms with Crippen molar-refractivity contribution in [2.45, 2.75) is 42.9 Å². The number of hydrogen-bond donors (Lipinski definition) is 2. The number of nitrogens with zero attached hydrogens (tertiary/aromatic N) is 1. The molecular formula is C17H22ClN3O3S. The molecule has 0 spiro atoms. The summed E-state index contributed by atoms with van der Waals surface area (Å²) in [6, 6.07) is 3.12. The first-order valence-electron chi connectivity index (χ1n) is 8.60. The minimum absolute atomic E-state index is 0. The van der Waals surface area contributed by atoms with E-state index in [0.29, 0.717) is 11.4 Å². The maximum atomic E-state index is 11.7. The molecule has 2 aromatic rings. The van der Waals surface area contributed by atoms with Gasteiger partial charge in [0.2, 0.25) is 10.0 Å². The lowest BCUT2D eigenvalue weighted by Gasteiger charge is -2.53. The minimum Gasteiger partial charge on any atom is -0.412 e. The zero-order chi connectivity index (χ0) is 16.6. The van der Waals surface area contributed by atoms with Gasteiger partial charge in [-0.2, -0.15) is 0 Å². The summed E-state index contributed by atoms with van der Waals surface area (Å²) in [4.78, 5) is 8.10. The van der Waals surface area contributed by atoms with Gasteiger partial charge in [0, 0.05) is 5.92 Å². The van der Waals surface area contributed by atoms with Gasteiger partial charge in [0.25, 0.3) is 0 Å². The second kappa shape index (κ2) is 5.67. The highest BCUT2D eigenvalue weighted by Crippen LogP contribution is 2.59. The number of aromatic amines is 1. The van der Waals surface area contributed by atoms with Crippen molar-refractivity contribution in [2.24, 2.45) is 28.8 Å². The number of nitrogens with one attached hydrogen (secondary N) is 1. The third kappa shape index (κ3) is 2.68. The van der Waals surface area contributed by atoms with Crippen molar-refractivity contribution >= 4 is 32.7 Å². The van der Waals surface area contributed by atoms with Crippen LogP contribution in [0.2, 0.25) is 5.02 Å². The lowest BCUT2D eigenvalue weighted by molar-refractivity contribution is -0.00528. The molecule has 1 heterocycles. The Balaban J connectivity index is 0.00000157. The number of imidazole rings is 1. The van der Waals surface area contributed by atoms with Gasteiger partial charge in [-0.3, -0.25) is 0 Å². The third-order valence-electron chi connectivity index (χ3n) is 6.40. The Morgan fingerprint density at radius 1 is 1.08 bits per heavy atom. The number of H-pyrrole nitrogens is 1. The molecule has 1 aromatic heterocycles. The number of benzene rings is 1. The number of nitrogens with two attached hydrogens (primary N) is 1. The summed E-state index contributed by atoms with van der Waals surface area (Å²) in [5.74, 6) is 4.74. The van der Waals surface area contributed by atoms with Crippen molar-refractivity contribution in [1.29, 1.82) is 0 Å². The summed E-state index contributed by atoms with van der Waals surface area (Å²) in [5.41, 5.74) is 1.42. The van der Waals surface area contributed by atoms with Crippen LogP contribution in [-0.2, 0) is 10.0 Å². The first kappa shape index (κ1) is 17.3. The third-order valence-corrected chi connectivity index (χ3v) is 7.78. The van der Waals surface area contributed by atoms with E-state index in [0.717, 1.165) is 35.0 Å². The summed E-state index contributed by atoms with van der Waals surface area (Å²) in [6.45, 7) is 0. The second-order valence-corrected chi connectivity index (χ2v) is 9.86. The normalized spacial score (nSPS) is 33.6. The Kier molecular flexibility index (Phi) is 3.92. The van der Waals surface area contributed by atoms with Crippen LogP contribution in [0.4, 0.5) is 0 Å². The van der Waals surface area contributed by atoms with Gasteiger partial charge in [-0.15, -0.1) is 0 Å². The summed E-state index contributed by atoms with van der Waals surface area (Å²) >= 11 is 6.09. The molecule has 0 unspecified atom stereocenters. The average Bonchev–Trinajstić information content (AvgIpc) is 2.86. The highest BCUT2D eigenvalue weighted by atomic mass is 35.5. The quantitative estimate of drug-likeness (QED) is 0.828. The number of halogens is 1. The molecule has 6 rings (SSSR count). The van der Waals surface area contributed by atoms with Crippen molar-refractivity contribution in [3.05, 3.63) is 23.0 Å². The molecule has 4 aliphatic rings. The largest absolute Gasteiger partial charge is 0.412 e. The summed E-state index contributed by atoms with van der Waals surface area (Å²) in [6.07, 6.45) is 6.69. The van der Waals surface area contributed by atoms with Crippen molar-refractivity contribution in [3.8, 4) is 0 Å². The molecular weight excluding hydrogens is 362 g/mol. The molecule has 0 amide bonds. The Labute approximate surface area is 151 Å². The lowest BCUT2D eigenvalue weighted by atomic mass is 9.52. The van der Waals surface area contributed by atoms with Crippen LogP contribution >= 0.6 is 11.6 Å². The van der Waals surface area contributed by atoms with Crippen molar-refractivity contribution in [1.82, 2.24) is 9.97 Å². The van der Waals surface area contributed by atoms with Gasteiger partial charge in [0.05, 0.1) is 16.1 Å². The van der Waals surface area contributed by atoms with Crippen LogP contribution in [-0.4, -0.2) is 23.9 Å². The van der Waals surface area contributed by atoms with Crippen LogP contribution in [0, 0.1) is 23.7 Å². The van der Waals surface area contributed by atoms with Gasteiger partial charge in [-0.05, 0) is 67.9 Å². The van der Waals surface area contributed by atoms with Crippen LogP contribution in [0.25, 0.3) is 11.0 Å². The Hall–Kier alpha value is -1.15. The average molecular weight is 384 g/mol. The molecule has 1 aromatic carbocycles. The Morgan fingerprint density at radius 3 is 2.24 bits per heavy atom. The number of primary sulfonamides is 1. The highest BCUT2D eigenvalue weighted by Gasteiger charge is 2.49. The fourth-order valence-electron chi connectivity index (χ4n) is 5.78. The molecule has 4 bridgehead atoms. The molecule has 4 saturated carbocycles. The predicted molar refractivity (Wildman–Crippen MR) is 95.9 cm³/mol. The maximum Gasteiger partial charge on any atom is 0.239 e. The maximum absolute atomic E-state index is 11.7. The molecule has 6 nitrogen and oxygen atoms in total. The summed E-state index contributed by atoms with van der Waals surface area (Å²) in [5, 5.41) is 5.38. The molecule has 0 saturated heterocycles. The number of aromatic nitrogens is 2.